The minimum Gasteiger partial charge on any atom is -0.370 e. The number of aromatic nitrogens is 1. The van der Waals surface area contributed by atoms with Gasteiger partial charge in [-0.15, -0.1) is 0 Å². The molecule has 0 fully saturated rings. The summed E-state index contributed by atoms with van der Waals surface area (Å²) in [5, 5.41) is 3.95. The smallest absolute Gasteiger partial charge is 0.193 e. The summed E-state index contributed by atoms with van der Waals surface area (Å²) in [5.41, 5.74) is 9.95. The lowest BCUT2D eigenvalue weighted by atomic mass is 10.1. The molecule has 0 amide bonds. The quantitative estimate of drug-likeness (QED) is 0.509. The number of aryl methyl sites for hydroxylation is 1. The zero-order valence-electron chi connectivity index (χ0n) is 12.9. The van der Waals surface area contributed by atoms with Crippen LogP contribution in [0.25, 0.3) is 10.9 Å². The van der Waals surface area contributed by atoms with Crippen LogP contribution in [-0.4, -0.2) is 17.5 Å². The van der Waals surface area contributed by atoms with Gasteiger partial charge in [0.2, 0.25) is 0 Å². The molecule has 23 heavy (non-hydrogen) atoms. The van der Waals surface area contributed by atoms with Gasteiger partial charge in [-0.2, -0.15) is 0 Å². The Labute approximate surface area is 134 Å². The lowest BCUT2D eigenvalue weighted by Crippen LogP contribution is -2.23. The first-order chi connectivity index (χ1) is 11.1. The Bertz CT molecular complexity index is 834. The molecule has 0 aliphatic carbocycles. The van der Waals surface area contributed by atoms with Gasteiger partial charge in [-0.3, -0.25) is 4.99 Å². The third-order valence-corrected chi connectivity index (χ3v) is 3.72. The number of anilines is 1. The summed E-state index contributed by atoms with van der Waals surface area (Å²) in [6, 6.07) is 12.7. The molecule has 5 heteroatoms. The molecular weight excluding hydrogens is 291 g/mol. The van der Waals surface area contributed by atoms with E-state index in [-0.39, 0.29) is 5.82 Å². The van der Waals surface area contributed by atoms with E-state index >= 15 is 0 Å². The second kappa shape index (κ2) is 6.52. The Balaban J connectivity index is 1.63. The number of hydrogen-bond acceptors (Lipinski definition) is 1. The van der Waals surface area contributed by atoms with E-state index in [9.17, 15) is 4.39 Å². The maximum atomic E-state index is 13.3. The number of H-pyrrole nitrogens is 1. The average molecular weight is 310 g/mol. The summed E-state index contributed by atoms with van der Waals surface area (Å²) in [5.74, 6) is 0.141. The predicted molar refractivity (Wildman–Crippen MR) is 93.3 cm³/mol. The van der Waals surface area contributed by atoms with E-state index in [0.29, 0.717) is 18.9 Å². The lowest BCUT2D eigenvalue weighted by Gasteiger charge is -2.05. The van der Waals surface area contributed by atoms with E-state index < -0.39 is 0 Å². The number of nitrogens with one attached hydrogen (secondary N) is 2. The van der Waals surface area contributed by atoms with Crippen LogP contribution < -0.4 is 11.1 Å². The molecule has 118 valence electrons. The molecule has 0 saturated heterocycles. The number of guanidine groups is 1. The van der Waals surface area contributed by atoms with Gasteiger partial charge in [-0.25, -0.2) is 4.39 Å². The summed E-state index contributed by atoms with van der Waals surface area (Å²) < 4.78 is 13.3. The van der Waals surface area contributed by atoms with E-state index in [1.165, 1.54) is 11.6 Å². The van der Waals surface area contributed by atoms with Gasteiger partial charge in [-0.05, 0) is 49.2 Å². The van der Waals surface area contributed by atoms with Crippen LogP contribution >= 0.6 is 0 Å². The minimum absolute atomic E-state index is 0.234. The van der Waals surface area contributed by atoms with Crippen LogP contribution in [0.4, 0.5) is 10.1 Å². The van der Waals surface area contributed by atoms with Crippen LogP contribution in [0, 0.1) is 12.7 Å². The summed E-state index contributed by atoms with van der Waals surface area (Å²) in [6.45, 7) is 2.57. The normalized spacial score (nSPS) is 11.8. The van der Waals surface area contributed by atoms with Crippen LogP contribution in [-0.2, 0) is 6.42 Å². The minimum atomic E-state index is -0.234. The Morgan fingerprint density at radius 1 is 1.22 bits per heavy atom. The molecule has 3 rings (SSSR count). The van der Waals surface area contributed by atoms with Crippen molar-refractivity contribution in [1.29, 1.82) is 0 Å². The molecule has 0 bridgehead atoms. The van der Waals surface area contributed by atoms with Gasteiger partial charge < -0.3 is 16.0 Å². The average Bonchev–Trinajstić information content (AvgIpc) is 2.92. The van der Waals surface area contributed by atoms with E-state index in [0.717, 1.165) is 22.2 Å². The van der Waals surface area contributed by atoms with Crippen molar-refractivity contribution >= 4 is 22.5 Å². The van der Waals surface area contributed by atoms with Crippen molar-refractivity contribution in [3.8, 4) is 0 Å². The van der Waals surface area contributed by atoms with Gasteiger partial charge in [0.05, 0.1) is 0 Å². The highest BCUT2D eigenvalue weighted by atomic mass is 19.1. The number of aromatic amines is 1. The van der Waals surface area contributed by atoms with Gasteiger partial charge >= 0.3 is 0 Å². The number of rotatable bonds is 4. The SMILES string of the molecule is Cc1ccc(NC(N)=NCCc2c[nH]c3ccc(F)cc23)cc1. The van der Waals surface area contributed by atoms with Gasteiger partial charge in [0.1, 0.15) is 5.82 Å². The lowest BCUT2D eigenvalue weighted by molar-refractivity contribution is 0.629. The molecular formula is C18H19FN4. The molecule has 4 N–H and O–H groups in total. The molecule has 2 aromatic carbocycles. The van der Waals surface area contributed by atoms with Gasteiger partial charge in [0.25, 0.3) is 0 Å². The summed E-state index contributed by atoms with van der Waals surface area (Å²) in [7, 11) is 0. The standard InChI is InChI=1S/C18H19FN4/c1-12-2-5-15(6-3-12)23-18(20)21-9-8-13-11-22-17-7-4-14(19)10-16(13)17/h2-7,10-11,22H,8-9H2,1H3,(H3,20,21,23). The van der Waals surface area contributed by atoms with Crippen LogP contribution in [0.2, 0.25) is 0 Å². The zero-order valence-corrected chi connectivity index (χ0v) is 12.9. The maximum Gasteiger partial charge on any atom is 0.193 e. The van der Waals surface area contributed by atoms with Gasteiger partial charge in [-0.1, -0.05) is 17.7 Å². The Hall–Kier alpha value is -2.82. The molecule has 3 aromatic rings. The van der Waals surface area contributed by atoms with Crippen molar-refractivity contribution in [3.63, 3.8) is 0 Å². The summed E-state index contributed by atoms with van der Waals surface area (Å²) >= 11 is 0. The van der Waals surface area contributed by atoms with Crippen LogP contribution in [0.15, 0.2) is 53.7 Å². The number of nitrogens with zero attached hydrogens (tertiary/aromatic N) is 1. The molecule has 0 radical (unpaired) electrons. The summed E-state index contributed by atoms with van der Waals surface area (Å²) in [6.07, 6.45) is 2.59. The van der Waals surface area contributed by atoms with E-state index in [4.69, 9.17) is 5.73 Å². The molecule has 0 spiro atoms. The van der Waals surface area contributed by atoms with Crippen LogP contribution in [0.1, 0.15) is 11.1 Å². The van der Waals surface area contributed by atoms with E-state index in [1.807, 2.05) is 37.4 Å². The topological polar surface area (TPSA) is 66.2 Å². The monoisotopic (exact) mass is 310 g/mol. The highest BCUT2D eigenvalue weighted by molar-refractivity contribution is 5.92. The fourth-order valence-electron chi connectivity index (χ4n) is 2.48. The summed E-state index contributed by atoms with van der Waals surface area (Å²) in [4.78, 5) is 7.46. The van der Waals surface area contributed by atoms with E-state index in [1.54, 1.807) is 12.1 Å². The number of nitrogens with two attached hydrogens (primary N) is 1. The van der Waals surface area contributed by atoms with Crippen molar-refractivity contribution in [2.75, 3.05) is 11.9 Å². The van der Waals surface area contributed by atoms with Crippen molar-refractivity contribution in [2.45, 2.75) is 13.3 Å². The van der Waals surface area contributed by atoms with Gasteiger partial charge in [0, 0.05) is 29.3 Å². The second-order valence-electron chi connectivity index (χ2n) is 5.51. The van der Waals surface area contributed by atoms with Crippen molar-refractivity contribution in [1.82, 2.24) is 4.98 Å². The number of hydrogen-bond donors (Lipinski definition) is 3. The molecule has 4 nitrogen and oxygen atoms in total. The fourth-order valence-corrected chi connectivity index (χ4v) is 2.48. The molecule has 0 aliphatic rings. The third-order valence-electron chi connectivity index (χ3n) is 3.72. The van der Waals surface area contributed by atoms with E-state index in [2.05, 4.69) is 15.3 Å². The van der Waals surface area contributed by atoms with Crippen molar-refractivity contribution in [2.24, 2.45) is 10.7 Å². The second-order valence-corrected chi connectivity index (χ2v) is 5.51. The molecule has 1 heterocycles. The van der Waals surface area contributed by atoms with Crippen LogP contribution in [0.3, 0.4) is 0 Å². The van der Waals surface area contributed by atoms with Crippen molar-refractivity contribution in [3.05, 3.63) is 65.6 Å². The largest absolute Gasteiger partial charge is 0.370 e. The number of fused-ring (bicyclic) bond motifs is 1. The number of benzene rings is 2. The highest BCUT2D eigenvalue weighted by Gasteiger charge is 2.04. The van der Waals surface area contributed by atoms with Gasteiger partial charge in [0.15, 0.2) is 5.96 Å². The first kappa shape index (κ1) is 15.1. The Morgan fingerprint density at radius 2 is 2.00 bits per heavy atom. The molecule has 0 aliphatic heterocycles. The number of aliphatic imine (C=N–C) groups is 1. The maximum absolute atomic E-state index is 13.3. The molecule has 0 atom stereocenters. The molecule has 1 aromatic heterocycles. The number of halogens is 1. The highest BCUT2D eigenvalue weighted by Crippen LogP contribution is 2.19. The molecule has 0 saturated carbocycles. The third kappa shape index (κ3) is 3.69. The Kier molecular flexibility index (Phi) is 4.28. The predicted octanol–water partition coefficient (Wildman–Crippen LogP) is 3.58. The first-order valence-electron chi connectivity index (χ1n) is 7.51. The van der Waals surface area contributed by atoms with Crippen LogP contribution in [0.5, 0.6) is 0 Å². The first-order valence-corrected chi connectivity index (χ1v) is 7.51. The fraction of sp³-hybridized carbons (Fsp3) is 0.167. The Morgan fingerprint density at radius 3 is 2.78 bits per heavy atom. The molecule has 0 unspecified atom stereocenters. The van der Waals surface area contributed by atoms with Crippen molar-refractivity contribution < 1.29 is 4.39 Å². The zero-order chi connectivity index (χ0) is 16.2.